The van der Waals surface area contributed by atoms with E-state index in [1.54, 1.807) is 0 Å². The van der Waals surface area contributed by atoms with Crippen LogP contribution in [0.25, 0.3) is 0 Å². The molecule has 1 atom stereocenters. The quantitative estimate of drug-likeness (QED) is 0.901. The number of hydrogen-bond acceptors (Lipinski definition) is 2. The summed E-state index contributed by atoms with van der Waals surface area (Å²) in [7, 11) is 0. The molecule has 2 nitrogen and oxygen atoms in total. The molecule has 0 saturated heterocycles. The van der Waals surface area contributed by atoms with Gasteiger partial charge in [0.05, 0.1) is 6.61 Å². The minimum Gasteiger partial charge on any atom is -0.493 e. The number of rotatable bonds is 3. The van der Waals surface area contributed by atoms with Gasteiger partial charge in [-0.05, 0) is 37.1 Å². The van der Waals surface area contributed by atoms with Crippen LogP contribution >= 0.6 is 0 Å². The van der Waals surface area contributed by atoms with Crippen molar-refractivity contribution < 1.29 is 4.74 Å². The Hall–Kier alpha value is -1.96. The molecule has 1 heterocycles. The molecule has 0 aromatic heterocycles. The molecule has 3 rings (SSSR count). The fraction of sp³-hybridized carbons (Fsp3) is 0.294. The molecule has 0 spiro atoms. The van der Waals surface area contributed by atoms with Crippen LogP contribution in [0, 0.1) is 12.8 Å². The van der Waals surface area contributed by atoms with E-state index >= 15 is 0 Å². The molecule has 1 aliphatic heterocycles. The van der Waals surface area contributed by atoms with Crippen molar-refractivity contribution >= 4 is 5.69 Å². The SMILES string of the molecule is Cc1ccc(OCC2CNc3ccccc3C2)cc1. The predicted molar refractivity (Wildman–Crippen MR) is 78.8 cm³/mol. The lowest BCUT2D eigenvalue weighted by molar-refractivity contribution is 0.252. The van der Waals surface area contributed by atoms with E-state index in [2.05, 4.69) is 48.6 Å². The Morgan fingerprint density at radius 3 is 2.74 bits per heavy atom. The number of fused-ring (bicyclic) bond motifs is 1. The summed E-state index contributed by atoms with van der Waals surface area (Å²) >= 11 is 0. The molecule has 0 fully saturated rings. The van der Waals surface area contributed by atoms with E-state index in [-0.39, 0.29) is 0 Å². The first-order chi connectivity index (χ1) is 9.31. The van der Waals surface area contributed by atoms with E-state index in [1.165, 1.54) is 16.8 Å². The zero-order valence-corrected chi connectivity index (χ0v) is 11.2. The van der Waals surface area contributed by atoms with Crippen molar-refractivity contribution in [3.63, 3.8) is 0 Å². The third-order valence-electron chi connectivity index (χ3n) is 3.61. The van der Waals surface area contributed by atoms with E-state index in [9.17, 15) is 0 Å². The van der Waals surface area contributed by atoms with E-state index < -0.39 is 0 Å². The molecule has 0 saturated carbocycles. The van der Waals surface area contributed by atoms with Gasteiger partial charge in [0.1, 0.15) is 5.75 Å². The number of benzene rings is 2. The smallest absolute Gasteiger partial charge is 0.119 e. The topological polar surface area (TPSA) is 21.3 Å². The maximum atomic E-state index is 5.88. The van der Waals surface area contributed by atoms with Crippen LogP contribution in [-0.4, -0.2) is 13.2 Å². The molecule has 19 heavy (non-hydrogen) atoms. The molecule has 2 heteroatoms. The highest BCUT2D eigenvalue weighted by Gasteiger charge is 2.18. The van der Waals surface area contributed by atoms with Gasteiger partial charge in [-0.25, -0.2) is 0 Å². The highest BCUT2D eigenvalue weighted by Crippen LogP contribution is 2.24. The lowest BCUT2D eigenvalue weighted by atomic mass is 9.95. The molecule has 1 aliphatic rings. The summed E-state index contributed by atoms with van der Waals surface area (Å²) in [6.45, 7) is 3.85. The van der Waals surface area contributed by atoms with Gasteiger partial charge in [0.2, 0.25) is 0 Å². The van der Waals surface area contributed by atoms with Crippen molar-refractivity contribution in [1.29, 1.82) is 0 Å². The first-order valence-electron chi connectivity index (χ1n) is 6.82. The Balaban J connectivity index is 1.59. The largest absolute Gasteiger partial charge is 0.493 e. The van der Waals surface area contributed by atoms with Crippen LogP contribution in [-0.2, 0) is 6.42 Å². The van der Waals surface area contributed by atoms with E-state index in [4.69, 9.17) is 4.74 Å². The van der Waals surface area contributed by atoms with Crippen LogP contribution < -0.4 is 10.1 Å². The molecular formula is C17H19NO. The van der Waals surface area contributed by atoms with Crippen LogP contribution in [0.15, 0.2) is 48.5 Å². The molecule has 0 amide bonds. The number of nitrogens with one attached hydrogen (secondary N) is 1. The lowest BCUT2D eigenvalue weighted by Crippen LogP contribution is -2.27. The average Bonchev–Trinajstić information content (AvgIpc) is 2.46. The Bertz CT molecular complexity index is 547. The standard InChI is InChI=1S/C17H19NO/c1-13-6-8-16(9-7-13)19-12-14-10-15-4-2-3-5-17(15)18-11-14/h2-9,14,18H,10-12H2,1H3. The number of anilines is 1. The van der Waals surface area contributed by atoms with Gasteiger partial charge < -0.3 is 10.1 Å². The lowest BCUT2D eigenvalue weighted by Gasteiger charge is -2.26. The maximum absolute atomic E-state index is 5.88. The van der Waals surface area contributed by atoms with Crippen molar-refractivity contribution in [3.8, 4) is 5.75 Å². The Kier molecular flexibility index (Phi) is 3.41. The molecule has 2 aromatic carbocycles. The molecule has 2 aromatic rings. The van der Waals surface area contributed by atoms with Gasteiger partial charge >= 0.3 is 0 Å². The Morgan fingerprint density at radius 1 is 1.11 bits per heavy atom. The number of hydrogen-bond donors (Lipinski definition) is 1. The van der Waals surface area contributed by atoms with Crippen molar-refractivity contribution in [2.75, 3.05) is 18.5 Å². The summed E-state index contributed by atoms with van der Waals surface area (Å²) in [6, 6.07) is 16.8. The van der Waals surface area contributed by atoms with Crippen molar-refractivity contribution in [1.82, 2.24) is 0 Å². The van der Waals surface area contributed by atoms with Crippen LogP contribution in [0.5, 0.6) is 5.75 Å². The van der Waals surface area contributed by atoms with E-state index in [0.29, 0.717) is 5.92 Å². The van der Waals surface area contributed by atoms with Gasteiger partial charge in [-0.1, -0.05) is 35.9 Å². The van der Waals surface area contributed by atoms with Crippen molar-refractivity contribution in [3.05, 3.63) is 59.7 Å². The summed E-state index contributed by atoms with van der Waals surface area (Å²) < 4.78 is 5.88. The number of para-hydroxylation sites is 1. The van der Waals surface area contributed by atoms with Gasteiger partial charge in [0, 0.05) is 18.2 Å². The summed E-state index contributed by atoms with van der Waals surface area (Å²) in [5.74, 6) is 1.50. The van der Waals surface area contributed by atoms with Crippen molar-refractivity contribution in [2.45, 2.75) is 13.3 Å². The highest BCUT2D eigenvalue weighted by atomic mass is 16.5. The van der Waals surface area contributed by atoms with Gasteiger partial charge in [-0.2, -0.15) is 0 Å². The second-order valence-electron chi connectivity index (χ2n) is 5.23. The molecule has 0 radical (unpaired) electrons. The van der Waals surface area contributed by atoms with Gasteiger partial charge in [-0.3, -0.25) is 0 Å². The van der Waals surface area contributed by atoms with Crippen LogP contribution in [0.2, 0.25) is 0 Å². The summed E-state index contributed by atoms with van der Waals surface area (Å²) in [6.07, 6.45) is 1.09. The Morgan fingerprint density at radius 2 is 1.89 bits per heavy atom. The summed E-state index contributed by atoms with van der Waals surface area (Å²) in [5.41, 5.74) is 3.93. The summed E-state index contributed by atoms with van der Waals surface area (Å²) in [4.78, 5) is 0. The van der Waals surface area contributed by atoms with Crippen LogP contribution in [0.4, 0.5) is 5.69 Å². The van der Waals surface area contributed by atoms with Gasteiger partial charge in [0.25, 0.3) is 0 Å². The first kappa shape index (κ1) is 12.1. The van der Waals surface area contributed by atoms with E-state index in [1.807, 2.05) is 12.1 Å². The second kappa shape index (κ2) is 5.35. The molecule has 1 N–H and O–H groups in total. The zero-order chi connectivity index (χ0) is 13.1. The third-order valence-corrected chi connectivity index (χ3v) is 3.61. The monoisotopic (exact) mass is 253 g/mol. The van der Waals surface area contributed by atoms with Gasteiger partial charge in [-0.15, -0.1) is 0 Å². The minimum atomic E-state index is 0.538. The second-order valence-corrected chi connectivity index (χ2v) is 5.23. The molecule has 0 bridgehead atoms. The molecule has 0 aliphatic carbocycles. The minimum absolute atomic E-state index is 0.538. The molecule has 98 valence electrons. The molecular weight excluding hydrogens is 234 g/mol. The zero-order valence-electron chi connectivity index (χ0n) is 11.2. The summed E-state index contributed by atoms with van der Waals surface area (Å²) in [5, 5.41) is 3.48. The normalized spacial score (nSPS) is 17.4. The third kappa shape index (κ3) is 2.90. The fourth-order valence-electron chi connectivity index (χ4n) is 2.47. The van der Waals surface area contributed by atoms with Crippen LogP contribution in [0.3, 0.4) is 0 Å². The Labute approximate surface area is 114 Å². The number of aryl methyl sites for hydroxylation is 1. The predicted octanol–water partition coefficient (Wildman–Crippen LogP) is 3.66. The number of ether oxygens (including phenoxy) is 1. The van der Waals surface area contributed by atoms with E-state index in [0.717, 1.165) is 25.3 Å². The maximum Gasteiger partial charge on any atom is 0.119 e. The van der Waals surface area contributed by atoms with Crippen molar-refractivity contribution in [2.24, 2.45) is 5.92 Å². The average molecular weight is 253 g/mol. The first-order valence-corrected chi connectivity index (χ1v) is 6.82. The molecule has 1 unspecified atom stereocenters. The fourth-order valence-corrected chi connectivity index (χ4v) is 2.47. The van der Waals surface area contributed by atoms with Crippen LogP contribution in [0.1, 0.15) is 11.1 Å². The van der Waals surface area contributed by atoms with Gasteiger partial charge in [0.15, 0.2) is 0 Å². The highest BCUT2D eigenvalue weighted by molar-refractivity contribution is 5.53.